The van der Waals surface area contributed by atoms with Gasteiger partial charge in [-0.15, -0.1) is 0 Å². The van der Waals surface area contributed by atoms with Crippen LogP contribution in [0.15, 0.2) is 16.7 Å². The Morgan fingerprint density at radius 2 is 2.05 bits per heavy atom. The number of aromatic amines is 1. The topological polar surface area (TPSA) is 101 Å². The van der Waals surface area contributed by atoms with Crippen molar-refractivity contribution in [1.82, 2.24) is 15.4 Å². The molecule has 0 fully saturated rings. The summed E-state index contributed by atoms with van der Waals surface area (Å²) in [5, 5.41) is 10.4. The second kappa shape index (κ2) is 4.93. The third-order valence-electron chi connectivity index (χ3n) is 2.66. The number of rotatable bonds is 4. The van der Waals surface area contributed by atoms with E-state index in [9.17, 15) is 8.42 Å². The van der Waals surface area contributed by atoms with E-state index < -0.39 is 10.0 Å². The second-order valence-corrected chi connectivity index (χ2v) is 7.43. The lowest BCUT2D eigenvalue weighted by atomic mass is 9.92. The fourth-order valence-corrected chi connectivity index (χ4v) is 2.66. The number of hydrogen-bond donors (Lipinski definition) is 2. The molecule has 7 nitrogen and oxygen atoms in total. The van der Waals surface area contributed by atoms with Gasteiger partial charge in [-0.05, 0) is 6.92 Å². The first kappa shape index (κ1) is 14.6. The van der Waals surface area contributed by atoms with Crippen LogP contribution >= 0.6 is 0 Å². The molecule has 0 aliphatic rings. The number of anilines is 1. The monoisotopic (exact) mass is 298 g/mol. The molecule has 0 radical (unpaired) electrons. The molecular weight excluding hydrogens is 280 g/mol. The molecule has 0 saturated heterocycles. The van der Waals surface area contributed by atoms with Crippen LogP contribution in [0.1, 0.15) is 37.9 Å². The summed E-state index contributed by atoms with van der Waals surface area (Å²) >= 11 is 0. The average molecular weight is 298 g/mol. The van der Waals surface area contributed by atoms with E-state index in [-0.39, 0.29) is 17.0 Å². The SMILES string of the molecule is Cc1cc(CS(=O)(=O)Nc2cc(C(C)(C)C)[nH]n2)no1. The van der Waals surface area contributed by atoms with E-state index in [0.29, 0.717) is 11.5 Å². The number of nitrogens with zero attached hydrogens (tertiary/aromatic N) is 2. The van der Waals surface area contributed by atoms with E-state index in [1.165, 1.54) is 0 Å². The van der Waals surface area contributed by atoms with Crippen molar-refractivity contribution >= 4 is 15.8 Å². The first-order valence-corrected chi connectivity index (χ1v) is 7.79. The summed E-state index contributed by atoms with van der Waals surface area (Å²) in [7, 11) is -3.56. The zero-order valence-electron chi connectivity index (χ0n) is 11.9. The second-order valence-electron chi connectivity index (χ2n) is 5.71. The van der Waals surface area contributed by atoms with Crippen molar-refractivity contribution in [3.05, 3.63) is 29.3 Å². The van der Waals surface area contributed by atoms with Crippen molar-refractivity contribution in [3.63, 3.8) is 0 Å². The van der Waals surface area contributed by atoms with Gasteiger partial charge >= 0.3 is 0 Å². The highest BCUT2D eigenvalue weighted by molar-refractivity contribution is 7.91. The van der Waals surface area contributed by atoms with Gasteiger partial charge in [0.25, 0.3) is 0 Å². The fraction of sp³-hybridized carbons (Fsp3) is 0.500. The van der Waals surface area contributed by atoms with Crippen molar-refractivity contribution in [2.24, 2.45) is 0 Å². The van der Waals surface area contributed by atoms with Crippen LogP contribution in [-0.4, -0.2) is 23.8 Å². The lowest BCUT2D eigenvalue weighted by Gasteiger charge is -2.14. The van der Waals surface area contributed by atoms with Gasteiger partial charge in [-0.25, -0.2) is 8.42 Å². The molecule has 110 valence electrons. The third kappa shape index (κ3) is 3.60. The van der Waals surface area contributed by atoms with Crippen molar-refractivity contribution in [3.8, 4) is 0 Å². The maximum absolute atomic E-state index is 12.0. The number of aryl methyl sites for hydroxylation is 1. The summed E-state index contributed by atoms with van der Waals surface area (Å²) in [5.41, 5.74) is 1.09. The predicted molar refractivity (Wildman–Crippen MR) is 74.8 cm³/mol. The lowest BCUT2D eigenvalue weighted by Crippen LogP contribution is -2.15. The van der Waals surface area contributed by atoms with Gasteiger partial charge in [-0.3, -0.25) is 9.82 Å². The van der Waals surface area contributed by atoms with E-state index in [0.717, 1.165) is 5.69 Å². The Hall–Kier alpha value is -1.83. The van der Waals surface area contributed by atoms with Crippen LogP contribution < -0.4 is 4.72 Å². The quantitative estimate of drug-likeness (QED) is 0.898. The summed E-state index contributed by atoms with van der Waals surface area (Å²) in [6, 6.07) is 3.27. The fourth-order valence-electron chi connectivity index (χ4n) is 1.63. The average Bonchev–Trinajstić information content (AvgIpc) is 2.86. The first-order chi connectivity index (χ1) is 9.16. The molecule has 2 rings (SSSR count). The standard InChI is InChI=1S/C12H18N4O3S/c1-8-5-9(15-19-8)7-20(17,18)16-11-6-10(13-14-11)12(2,3)4/h5-6H,7H2,1-4H3,(H2,13,14,16). The Balaban J connectivity index is 2.10. The van der Waals surface area contributed by atoms with Gasteiger partial charge < -0.3 is 4.52 Å². The van der Waals surface area contributed by atoms with Gasteiger partial charge in [0.05, 0.1) is 0 Å². The molecule has 0 bridgehead atoms. The molecule has 2 aromatic rings. The molecule has 2 heterocycles. The van der Waals surface area contributed by atoms with Gasteiger partial charge in [-0.2, -0.15) is 5.10 Å². The maximum atomic E-state index is 12.0. The molecule has 2 aromatic heterocycles. The molecule has 20 heavy (non-hydrogen) atoms. The van der Waals surface area contributed by atoms with Crippen LogP contribution in [0.5, 0.6) is 0 Å². The maximum Gasteiger partial charge on any atom is 0.239 e. The number of hydrogen-bond acceptors (Lipinski definition) is 5. The van der Waals surface area contributed by atoms with Crippen LogP contribution in [-0.2, 0) is 21.2 Å². The van der Waals surface area contributed by atoms with E-state index in [1.807, 2.05) is 20.8 Å². The molecule has 0 atom stereocenters. The van der Waals surface area contributed by atoms with E-state index in [2.05, 4.69) is 20.1 Å². The predicted octanol–water partition coefficient (Wildman–Crippen LogP) is 1.95. The molecular formula is C12H18N4O3S. The molecule has 8 heteroatoms. The zero-order valence-corrected chi connectivity index (χ0v) is 12.7. The largest absolute Gasteiger partial charge is 0.361 e. The number of nitrogens with one attached hydrogen (secondary N) is 2. The molecule has 0 aliphatic heterocycles. The summed E-state index contributed by atoms with van der Waals surface area (Å²) in [6.07, 6.45) is 0. The van der Waals surface area contributed by atoms with Crippen molar-refractivity contribution in [2.45, 2.75) is 38.9 Å². The molecule has 0 aromatic carbocycles. The Kier molecular flexibility index (Phi) is 3.59. The summed E-state index contributed by atoms with van der Waals surface area (Å²) < 4.78 is 31.2. The van der Waals surface area contributed by atoms with Gasteiger partial charge in [0, 0.05) is 23.2 Å². The molecule has 0 amide bonds. The highest BCUT2D eigenvalue weighted by Gasteiger charge is 2.20. The zero-order chi connectivity index (χ0) is 15.0. The minimum atomic E-state index is -3.56. The summed E-state index contributed by atoms with van der Waals surface area (Å²) in [4.78, 5) is 0. The number of sulfonamides is 1. The van der Waals surface area contributed by atoms with Crippen LogP contribution in [0.4, 0.5) is 5.82 Å². The Bertz CT molecular complexity index is 694. The highest BCUT2D eigenvalue weighted by Crippen LogP contribution is 2.22. The summed E-state index contributed by atoms with van der Waals surface area (Å²) in [5.74, 6) is 0.599. The lowest BCUT2D eigenvalue weighted by molar-refractivity contribution is 0.392. The van der Waals surface area contributed by atoms with Crippen molar-refractivity contribution in [2.75, 3.05) is 4.72 Å². The number of H-pyrrole nitrogens is 1. The van der Waals surface area contributed by atoms with Crippen molar-refractivity contribution < 1.29 is 12.9 Å². The van der Waals surface area contributed by atoms with Crippen LogP contribution in [0, 0.1) is 6.92 Å². The Labute approximate surface area is 117 Å². The van der Waals surface area contributed by atoms with E-state index in [4.69, 9.17) is 4.52 Å². The normalized spacial score (nSPS) is 12.6. The molecule has 0 spiro atoms. The van der Waals surface area contributed by atoms with Crippen LogP contribution in [0.2, 0.25) is 0 Å². The van der Waals surface area contributed by atoms with Crippen LogP contribution in [0.3, 0.4) is 0 Å². The van der Waals surface area contributed by atoms with Gasteiger partial charge in [-0.1, -0.05) is 25.9 Å². The van der Waals surface area contributed by atoms with Gasteiger partial charge in [0.2, 0.25) is 10.0 Å². The van der Waals surface area contributed by atoms with E-state index in [1.54, 1.807) is 19.1 Å². The molecule has 0 aliphatic carbocycles. The minimum Gasteiger partial charge on any atom is -0.361 e. The first-order valence-electron chi connectivity index (χ1n) is 6.14. The molecule has 2 N–H and O–H groups in total. The van der Waals surface area contributed by atoms with Gasteiger partial charge in [0.1, 0.15) is 17.2 Å². The minimum absolute atomic E-state index is 0.125. The molecule has 0 unspecified atom stereocenters. The summed E-state index contributed by atoms with van der Waals surface area (Å²) in [6.45, 7) is 7.74. The number of aromatic nitrogens is 3. The van der Waals surface area contributed by atoms with Crippen LogP contribution in [0.25, 0.3) is 0 Å². The van der Waals surface area contributed by atoms with Gasteiger partial charge in [0.15, 0.2) is 5.82 Å². The molecule has 0 saturated carbocycles. The highest BCUT2D eigenvalue weighted by atomic mass is 32.2. The third-order valence-corrected chi connectivity index (χ3v) is 3.86. The van der Waals surface area contributed by atoms with E-state index >= 15 is 0 Å². The Morgan fingerprint density at radius 3 is 2.55 bits per heavy atom. The smallest absolute Gasteiger partial charge is 0.239 e. The van der Waals surface area contributed by atoms with Crippen molar-refractivity contribution in [1.29, 1.82) is 0 Å². The Morgan fingerprint density at radius 1 is 1.35 bits per heavy atom.